The maximum Gasteiger partial charge on any atom is 0.317 e. The fraction of sp³-hybridized carbons (Fsp3) is 0.741. The molecule has 3 rings (SSSR count). The van der Waals surface area contributed by atoms with Gasteiger partial charge in [0.15, 0.2) is 0 Å². The largest absolute Gasteiger partial charge is 0.385 e. The van der Waals surface area contributed by atoms with E-state index in [9.17, 15) is 9.90 Å². The van der Waals surface area contributed by atoms with Crippen LogP contribution in [0.4, 0.5) is 4.79 Å². The summed E-state index contributed by atoms with van der Waals surface area (Å²) in [6.07, 6.45) is 10.4. The molecule has 7 heteroatoms. The Balaban J connectivity index is 1.68. The van der Waals surface area contributed by atoms with Gasteiger partial charge in [0.2, 0.25) is 0 Å². The molecule has 6 nitrogen and oxygen atoms in total. The Hall–Kier alpha value is -1.34. The number of nitrogens with zero attached hydrogens (tertiary/aromatic N) is 1. The summed E-state index contributed by atoms with van der Waals surface area (Å²) in [5.74, 6) is 0.679. The first kappa shape index (κ1) is 27.3. The molecule has 1 unspecified atom stereocenters. The third kappa shape index (κ3) is 7.58. The summed E-state index contributed by atoms with van der Waals surface area (Å²) in [5.41, 5.74) is -0.176. The van der Waals surface area contributed by atoms with Crippen molar-refractivity contribution in [1.29, 1.82) is 0 Å². The summed E-state index contributed by atoms with van der Waals surface area (Å²) in [4.78, 5) is 15.2. The van der Waals surface area contributed by atoms with Gasteiger partial charge in [0.05, 0.1) is 5.60 Å². The summed E-state index contributed by atoms with van der Waals surface area (Å²) in [7, 11) is 3.65. The Morgan fingerprint density at radius 2 is 2.06 bits per heavy atom. The molecule has 1 aliphatic carbocycles. The van der Waals surface area contributed by atoms with E-state index in [-0.39, 0.29) is 18.0 Å². The number of likely N-dealkylation sites (tertiary alicyclic amines) is 1. The number of carbonyl (C=O) groups excluding carboxylic acids is 1. The molecule has 0 spiro atoms. The van der Waals surface area contributed by atoms with Crippen molar-refractivity contribution in [3.63, 3.8) is 0 Å². The Morgan fingerprint density at radius 3 is 2.76 bits per heavy atom. The molecule has 0 radical (unpaired) electrons. The molecule has 1 saturated heterocycles. The molecule has 2 aliphatic rings. The Bertz CT molecular complexity index is 758. The number of methoxy groups -OCH3 is 1. The molecule has 0 aromatic heterocycles. The van der Waals surface area contributed by atoms with Crippen LogP contribution in [0.2, 0.25) is 5.02 Å². The molecule has 34 heavy (non-hydrogen) atoms. The number of urea groups is 1. The number of aliphatic hydroxyl groups is 1. The van der Waals surface area contributed by atoms with Crippen LogP contribution in [-0.2, 0) is 10.3 Å². The van der Waals surface area contributed by atoms with E-state index >= 15 is 0 Å². The van der Waals surface area contributed by atoms with E-state index in [0.29, 0.717) is 30.5 Å². The minimum atomic E-state index is -1.02. The fourth-order valence-corrected chi connectivity index (χ4v) is 6.08. The van der Waals surface area contributed by atoms with E-state index in [4.69, 9.17) is 16.3 Å². The second-order valence-electron chi connectivity index (χ2n) is 10.3. The number of nitrogens with one attached hydrogen (secondary N) is 2. The average Bonchev–Trinajstić information content (AvgIpc) is 3.35. The molecule has 1 aromatic rings. The molecule has 2 fully saturated rings. The van der Waals surface area contributed by atoms with Gasteiger partial charge in [-0.25, -0.2) is 4.79 Å². The predicted molar refractivity (Wildman–Crippen MR) is 138 cm³/mol. The highest BCUT2D eigenvalue weighted by Crippen LogP contribution is 2.40. The normalized spacial score (nSPS) is 21.9. The molecule has 3 atom stereocenters. The zero-order chi connectivity index (χ0) is 24.4. The molecule has 1 saturated carbocycles. The van der Waals surface area contributed by atoms with Gasteiger partial charge in [-0.1, -0.05) is 49.4 Å². The zero-order valence-corrected chi connectivity index (χ0v) is 21.8. The van der Waals surface area contributed by atoms with Crippen LogP contribution in [0, 0.1) is 11.8 Å². The number of piperidine rings is 1. The molecular weight excluding hydrogens is 450 g/mol. The molecule has 2 amide bonds. The van der Waals surface area contributed by atoms with E-state index < -0.39 is 5.60 Å². The number of benzene rings is 1. The molecule has 1 aliphatic heterocycles. The van der Waals surface area contributed by atoms with Crippen LogP contribution < -0.4 is 10.6 Å². The van der Waals surface area contributed by atoms with Gasteiger partial charge in [-0.3, -0.25) is 0 Å². The maximum absolute atomic E-state index is 13.3. The van der Waals surface area contributed by atoms with E-state index in [1.165, 1.54) is 25.7 Å². The van der Waals surface area contributed by atoms with Crippen LogP contribution in [0.15, 0.2) is 24.3 Å². The van der Waals surface area contributed by atoms with E-state index in [1.54, 1.807) is 7.11 Å². The summed E-state index contributed by atoms with van der Waals surface area (Å²) in [5, 5.41) is 19.2. The van der Waals surface area contributed by atoms with Crippen LogP contribution in [0.1, 0.15) is 69.8 Å². The van der Waals surface area contributed by atoms with Crippen molar-refractivity contribution in [2.24, 2.45) is 11.8 Å². The van der Waals surface area contributed by atoms with Gasteiger partial charge in [0, 0.05) is 50.3 Å². The highest BCUT2D eigenvalue weighted by Gasteiger charge is 2.41. The van der Waals surface area contributed by atoms with Crippen LogP contribution in [0.3, 0.4) is 0 Å². The van der Waals surface area contributed by atoms with E-state index in [2.05, 4.69) is 10.6 Å². The minimum Gasteiger partial charge on any atom is -0.385 e. The first-order chi connectivity index (χ1) is 16.5. The van der Waals surface area contributed by atoms with Crippen LogP contribution in [0.5, 0.6) is 0 Å². The monoisotopic (exact) mass is 493 g/mol. The topological polar surface area (TPSA) is 73.8 Å². The lowest BCUT2D eigenvalue weighted by Crippen LogP contribution is -2.54. The summed E-state index contributed by atoms with van der Waals surface area (Å²) in [6, 6.07) is 7.71. The molecule has 0 bridgehead atoms. The maximum atomic E-state index is 13.3. The van der Waals surface area contributed by atoms with Crippen molar-refractivity contribution in [3.8, 4) is 0 Å². The smallest absolute Gasteiger partial charge is 0.317 e. The number of unbranched alkanes of at least 4 members (excludes halogenated alkanes) is 1. The second-order valence-corrected chi connectivity index (χ2v) is 10.7. The van der Waals surface area contributed by atoms with Gasteiger partial charge < -0.3 is 25.4 Å². The summed E-state index contributed by atoms with van der Waals surface area (Å²) < 4.78 is 5.21. The second kappa shape index (κ2) is 13.7. The van der Waals surface area contributed by atoms with Gasteiger partial charge in [-0.2, -0.15) is 0 Å². The minimum absolute atomic E-state index is 0.00391. The summed E-state index contributed by atoms with van der Waals surface area (Å²) in [6.45, 7) is 2.74. The Morgan fingerprint density at radius 1 is 1.26 bits per heavy atom. The number of rotatable bonds is 12. The Labute approximate surface area is 210 Å². The fourth-order valence-electron chi connectivity index (χ4n) is 5.89. The lowest BCUT2D eigenvalue weighted by atomic mass is 9.74. The lowest BCUT2D eigenvalue weighted by Gasteiger charge is -2.43. The number of ether oxygens (including phenoxy) is 1. The van der Waals surface area contributed by atoms with Crippen molar-refractivity contribution in [3.05, 3.63) is 34.9 Å². The SMILES string of the molecule is CNCC(CC1CCCC1)NC(=O)N1CCC[C@@H]([C@@](O)(CCCCOC)c2cccc(Cl)c2)C1. The molecule has 1 aromatic carbocycles. The van der Waals surface area contributed by atoms with Gasteiger partial charge in [0.25, 0.3) is 0 Å². The molecule has 1 heterocycles. The van der Waals surface area contributed by atoms with E-state index in [1.807, 2.05) is 36.2 Å². The first-order valence-corrected chi connectivity index (χ1v) is 13.5. The van der Waals surface area contributed by atoms with Crippen molar-refractivity contribution < 1.29 is 14.6 Å². The predicted octanol–water partition coefficient (Wildman–Crippen LogP) is 4.93. The molecule has 3 N–H and O–H groups in total. The number of carbonyl (C=O) groups is 1. The van der Waals surface area contributed by atoms with Crippen molar-refractivity contribution >= 4 is 17.6 Å². The number of amides is 2. The molecule has 192 valence electrons. The molecular formula is C27H44ClN3O3. The van der Waals surface area contributed by atoms with Gasteiger partial charge in [-0.05, 0) is 69.2 Å². The standard InChI is InChI=1S/C27H44ClN3O3/c1-29-19-25(17-21-9-3-4-10-21)30-26(32)31-15-8-12-23(20-31)27(33,14-5-6-16-34-2)22-11-7-13-24(28)18-22/h7,11,13,18,21,23,25,29,33H,3-6,8-10,12,14-17,19-20H2,1-2H3,(H,30,32)/t23-,25?,27-/m1/s1. The van der Waals surface area contributed by atoms with Crippen LogP contribution in [-0.4, -0.2) is 62.5 Å². The summed E-state index contributed by atoms with van der Waals surface area (Å²) >= 11 is 6.30. The highest BCUT2D eigenvalue weighted by atomic mass is 35.5. The quantitative estimate of drug-likeness (QED) is 0.361. The van der Waals surface area contributed by atoms with Crippen molar-refractivity contribution in [2.75, 3.05) is 40.4 Å². The first-order valence-electron chi connectivity index (χ1n) is 13.1. The van der Waals surface area contributed by atoms with Gasteiger partial charge >= 0.3 is 6.03 Å². The van der Waals surface area contributed by atoms with E-state index in [0.717, 1.165) is 50.8 Å². The van der Waals surface area contributed by atoms with Crippen molar-refractivity contribution in [1.82, 2.24) is 15.5 Å². The zero-order valence-electron chi connectivity index (χ0n) is 21.0. The third-order valence-electron chi connectivity index (χ3n) is 7.74. The number of hydrogen-bond donors (Lipinski definition) is 3. The van der Waals surface area contributed by atoms with Crippen molar-refractivity contribution in [2.45, 2.75) is 75.9 Å². The van der Waals surface area contributed by atoms with Crippen LogP contribution in [0.25, 0.3) is 0 Å². The lowest BCUT2D eigenvalue weighted by molar-refractivity contribution is -0.0563. The third-order valence-corrected chi connectivity index (χ3v) is 7.97. The number of hydrogen-bond acceptors (Lipinski definition) is 4. The Kier molecular flexibility index (Phi) is 11.0. The van der Waals surface area contributed by atoms with Crippen LogP contribution >= 0.6 is 11.6 Å². The van der Waals surface area contributed by atoms with Gasteiger partial charge in [0.1, 0.15) is 0 Å². The number of halogens is 1. The average molecular weight is 494 g/mol. The highest BCUT2D eigenvalue weighted by molar-refractivity contribution is 6.30. The number of likely N-dealkylation sites (N-methyl/N-ethyl adjacent to an activating group) is 1. The van der Waals surface area contributed by atoms with Gasteiger partial charge in [-0.15, -0.1) is 0 Å².